The van der Waals surface area contributed by atoms with E-state index in [9.17, 15) is 19.2 Å². The van der Waals surface area contributed by atoms with Crippen molar-refractivity contribution in [1.82, 2.24) is 9.13 Å². The topological polar surface area (TPSA) is 123 Å². The summed E-state index contributed by atoms with van der Waals surface area (Å²) in [6.45, 7) is 7.26. The van der Waals surface area contributed by atoms with Crippen LogP contribution in [0.25, 0.3) is 0 Å². The van der Waals surface area contributed by atoms with E-state index in [4.69, 9.17) is 15.2 Å². The number of Topliss-reactive ketones (excluding diaryl/α,β-unsaturated/α-hetero) is 1. The van der Waals surface area contributed by atoms with Crippen LogP contribution < -0.4 is 21.7 Å². The molecule has 0 atom stereocenters. The molecule has 1 aromatic heterocycles. The number of anilines is 1. The lowest BCUT2D eigenvalue weighted by Gasteiger charge is -2.19. The van der Waals surface area contributed by atoms with Crippen LogP contribution in [0.3, 0.4) is 0 Å². The van der Waals surface area contributed by atoms with Crippen molar-refractivity contribution in [2.75, 3.05) is 18.9 Å². The highest BCUT2D eigenvalue weighted by Crippen LogP contribution is 2.24. The third kappa shape index (κ3) is 5.62. The van der Waals surface area contributed by atoms with Crippen LogP contribution in [0.5, 0.6) is 5.75 Å². The molecule has 0 aliphatic heterocycles. The number of nitrogens with two attached hydrogens (primary N) is 1. The lowest BCUT2D eigenvalue weighted by atomic mass is 9.87. The fourth-order valence-electron chi connectivity index (χ4n) is 2.94. The number of rotatable bonds is 8. The summed E-state index contributed by atoms with van der Waals surface area (Å²) in [6.07, 6.45) is 0.582. The zero-order valence-corrected chi connectivity index (χ0v) is 18.6. The molecule has 0 unspecified atom stereocenters. The summed E-state index contributed by atoms with van der Waals surface area (Å²) in [7, 11) is 1.26. The minimum atomic E-state index is -0.828. The number of esters is 1. The van der Waals surface area contributed by atoms with E-state index in [1.54, 1.807) is 12.1 Å². The number of benzene rings is 1. The first-order valence-electron chi connectivity index (χ1n) is 9.98. The molecule has 0 bridgehead atoms. The summed E-state index contributed by atoms with van der Waals surface area (Å²) < 4.78 is 12.3. The minimum Gasteiger partial charge on any atom is -0.482 e. The molecule has 168 valence electrons. The van der Waals surface area contributed by atoms with Gasteiger partial charge in [0.2, 0.25) is 5.78 Å². The van der Waals surface area contributed by atoms with E-state index in [-0.39, 0.29) is 23.3 Å². The third-order valence-electron chi connectivity index (χ3n) is 4.75. The first-order valence-corrected chi connectivity index (χ1v) is 9.98. The van der Waals surface area contributed by atoms with Gasteiger partial charge in [0.1, 0.15) is 17.1 Å². The molecule has 9 heteroatoms. The van der Waals surface area contributed by atoms with Gasteiger partial charge in [0.15, 0.2) is 13.2 Å². The zero-order chi connectivity index (χ0) is 23.3. The zero-order valence-electron chi connectivity index (χ0n) is 18.6. The fourth-order valence-corrected chi connectivity index (χ4v) is 2.94. The normalized spacial score (nSPS) is 11.3. The summed E-state index contributed by atoms with van der Waals surface area (Å²) in [5.41, 5.74) is 5.20. The molecule has 0 saturated heterocycles. The number of nitrogens with zero attached hydrogens (tertiary/aromatic N) is 2. The van der Waals surface area contributed by atoms with Gasteiger partial charge in [0.05, 0.1) is 0 Å². The fraction of sp³-hybridized carbons (Fsp3) is 0.455. The largest absolute Gasteiger partial charge is 0.482 e. The molecule has 2 rings (SSSR count). The van der Waals surface area contributed by atoms with Gasteiger partial charge in [-0.05, 0) is 29.5 Å². The number of nitrogen functional groups attached to an aromatic ring is 1. The molecule has 0 aliphatic rings. The molecule has 2 N–H and O–H groups in total. The van der Waals surface area contributed by atoms with E-state index in [1.165, 1.54) is 7.05 Å². The SMILES string of the molecule is CCCn1c(N)c(C(=O)COC(=O)COc2ccc(C(C)(C)C)cc2)c(=O)n(C)c1=O. The van der Waals surface area contributed by atoms with Crippen LogP contribution >= 0.6 is 0 Å². The van der Waals surface area contributed by atoms with Crippen LogP contribution in [0.2, 0.25) is 0 Å². The van der Waals surface area contributed by atoms with Gasteiger partial charge in [-0.3, -0.25) is 18.7 Å². The van der Waals surface area contributed by atoms with Crippen molar-refractivity contribution in [2.45, 2.75) is 46.1 Å². The van der Waals surface area contributed by atoms with Gasteiger partial charge >= 0.3 is 11.7 Å². The minimum absolute atomic E-state index is 0.00368. The Morgan fingerprint density at radius 3 is 2.23 bits per heavy atom. The Kier molecular flexibility index (Phi) is 7.43. The Hall–Kier alpha value is -3.36. The molecule has 9 nitrogen and oxygen atoms in total. The van der Waals surface area contributed by atoms with Gasteiger partial charge < -0.3 is 15.2 Å². The summed E-state index contributed by atoms with van der Waals surface area (Å²) in [5.74, 6) is -1.30. The van der Waals surface area contributed by atoms with Crippen LogP contribution in [-0.4, -0.2) is 34.1 Å². The smallest absolute Gasteiger partial charge is 0.344 e. The van der Waals surface area contributed by atoms with Crippen LogP contribution in [-0.2, 0) is 28.5 Å². The number of carbonyl (C=O) groups is 2. The van der Waals surface area contributed by atoms with E-state index < -0.39 is 36.2 Å². The standard InChI is InChI=1S/C22H29N3O6/c1-6-11-25-19(23)18(20(28)24(5)21(25)29)16(26)12-31-17(27)13-30-15-9-7-14(8-10-15)22(2,3)4/h7-10H,6,11-13,23H2,1-5H3. The van der Waals surface area contributed by atoms with E-state index in [2.05, 4.69) is 20.8 Å². The molecule has 2 aromatic rings. The van der Waals surface area contributed by atoms with E-state index in [1.807, 2.05) is 19.1 Å². The van der Waals surface area contributed by atoms with Crippen LogP contribution in [0, 0.1) is 0 Å². The maximum absolute atomic E-state index is 12.5. The van der Waals surface area contributed by atoms with Crippen molar-refractivity contribution < 1.29 is 19.1 Å². The highest BCUT2D eigenvalue weighted by molar-refractivity contribution is 6.01. The lowest BCUT2D eigenvalue weighted by molar-refractivity contribution is -0.144. The monoisotopic (exact) mass is 431 g/mol. The van der Waals surface area contributed by atoms with Gasteiger partial charge in [0, 0.05) is 13.6 Å². The summed E-state index contributed by atoms with van der Waals surface area (Å²) in [6, 6.07) is 7.32. The molecule has 0 radical (unpaired) electrons. The van der Waals surface area contributed by atoms with Crippen molar-refractivity contribution in [3.8, 4) is 5.75 Å². The van der Waals surface area contributed by atoms with Gasteiger partial charge in [-0.1, -0.05) is 39.8 Å². The Labute approximate surface area is 180 Å². The van der Waals surface area contributed by atoms with E-state index >= 15 is 0 Å². The summed E-state index contributed by atoms with van der Waals surface area (Å²) in [4.78, 5) is 49.0. The molecule has 0 aliphatic carbocycles. The molecule has 0 amide bonds. The molecule has 1 heterocycles. The average molecular weight is 431 g/mol. The van der Waals surface area contributed by atoms with E-state index in [0.29, 0.717) is 12.2 Å². The van der Waals surface area contributed by atoms with E-state index in [0.717, 1.165) is 14.7 Å². The first-order chi connectivity index (χ1) is 14.5. The molecular formula is C22H29N3O6. The number of carbonyl (C=O) groups excluding carboxylic acids is 2. The maximum atomic E-state index is 12.5. The van der Waals surface area contributed by atoms with Crippen LogP contribution in [0.15, 0.2) is 33.9 Å². The van der Waals surface area contributed by atoms with Gasteiger partial charge in [0.25, 0.3) is 5.56 Å². The van der Waals surface area contributed by atoms with Gasteiger partial charge in [-0.25, -0.2) is 9.59 Å². The predicted octanol–water partition coefficient (Wildman–Crippen LogP) is 1.64. The van der Waals surface area contributed by atoms with Crippen molar-refractivity contribution >= 4 is 17.6 Å². The van der Waals surface area contributed by atoms with Gasteiger partial charge in [-0.2, -0.15) is 0 Å². The second-order valence-corrected chi connectivity index (χ2v) is 8.21. The second-order valence-electron chi connectivity index (χ2n) is 8.21. The molecule has 1 aromatic carbocycles. The maximum Gasteiger partial charge on any atom is 0.344 e. The quantitative estimate of drug-likeness (QED) is 0.498. The first kappa shape index (κ1) is 23.9. The predicted molar refractivity (Wildman–Crippen MR) is 117 cm³/mol. The number of aromatic nitrogens is 2. The third-order valence-corrected chi connectivity index (χ3v) is 4.75. The Morgan fingerprint density at radius 2 is 1.68 bits per heavy atom. The highest BCUT2D eigenvalue weighted by Gasteiger charge is 2.22. The lowest BCUT2D eigenvalue weighted by Crippen LogP contribution is -2.43. The Balaban J connectivity index is 2.02. The molecular weight excluding hydrogens is 402 g/mol. The van der Waals surface area contributed by atoms with Crippen molar-refractivity contribution in [2.24, 2.45) is 7.05 Å². The molecule has 0 saturated carbocycles. The number of ether oxygens (including phenoxy) is 2. The van der Waals surface area contributed by atoms with Crippen LogP contribution in [0.1, 0.15) is 50.0 Å². The van der Waals surface area contributed by atoms with Crippen molar-refractivity contribution in [1.29, 1.82) is 0 Å². The van der Waals surface area contributed by atoms with Crippen LogP contribution in [0.4, 0.5) is 5.82 Å². The molecule has 31 heavy (non-hydrogen) atoms. The Bertz CT molecular complexity index is 1070. The van der Waals surface area contributed by atoms with Gasteiger partial charge in [-0.15, -0.1) is 0 Å². The Morgan fingerprint density at radius 1 is 1.06 bits per heavy atom. The highest BCUT2D eigenvalue weighted by atomic mass is 16.6. The summed E-state index contributed by atoms with van der Waals surface area (Å²) >= 11 is 0. The van der Waals surface area contributed by atoms with Crippen molar-refractivity contribution in [3.05, 3.63) is 56.2 Å². The second kappa shape index (κ2) is 9.63. The number of hydrogen-bond acceptors (Lipinski definition) is 7. The van der Waals surface area contributed by atoms with Crippen molar-refractivity contribution in [3.63, 3.8) is 0 Å². The summed E-state index contributed by atoms with van der Waals surface area (Å²) in [5, 5.41) is 0. The number of hydrogen-bond donors (Lipinski definition) is 1. The molecule has 0 spiro atoms. The number of ketones is 1. The molecule has 0 fully saturated rings. The average Bonchev–Trinajstić information content (AvgIpc) is 2.72.